The first kappa shape index (κ1) is 15.9. The highest BCUT2D eigenvalue weighted by atomic mass is 16.5. The zero-order valence-electron chi connectivity index (χ0n) is 14.8. The van der Waals surface area contributed by atoms with E-state index in [2.05, 4.69) is 31.2 Å². The van der Waals surface area contributed by atoms with Crippen LogP contribution in [0.25, 0.3) is 11.0 Å². The highest BCUT2D eigenvalue weighted by Gasteiger charge is 2.29. The molecule has 25 heavy (non-hydrogen) atoms. The van der Waals surface area contributed by atoms with E-state index in [1.807, 2.05) is 32.0 Å². The molecule has 2 heterocycles. The van der Waals surface area contributed by atoms with E-state index in [1.54, 1.807) is 0 Å². The summed E-state index contributed by atoms with van der Waals surface area (Å²) in [6.07, 6.45) is 0. The molecule has 0 aliphatic carbocycles. The van der Waals surface area contributed by atoms with Crippen molar-refractivity contribution in [3.63, 3.8) is 0 Å². The zero-order valence-corrected chi connectivity index (χ0v) is 14.8. The molecule has 4 nitrogen and oxygen atoms in total. The first-order valence-electron chi connectivity index (χ1n) is 8.64. The molecule has 128 valence electrons. The molecule has 0 fully saturated rings. The summed E-state index contributed by atoms with van der Waals surface area (Å²) in [5.74, 6) is 0.822. The highest BCUT2D eigenvalue weighted by Crippen LogP contribution is 2.31. The van der Waals surface area contributed by atoms with Gasteiger partial charge < -0.3 is 9.15 Å². The number of fused-ring (bicyclic) bond motifs is 3. The predicted octanol–water partition coefficient (Wildman–Crippen LogP) is 2.91. The lowest BCUT2D eigenvalue weighted by atomic mass is 10.0. The molecule has 1 aromatic heterocycles. The monoisotopic (exact) mass is 336 g/mol. The van der Waals surface area contributed by atoms with Crippen LogP contribution in [0.15, 0.2) is 51.7 Å². The van der Waals surface area contributed by atoms with Gasteiger partial charge in [0.05, 0.1) is 5.56 Å². The fourth-order valence-electron chi connectivity index (χ4n) is 3.55. The molecule has 3 aromatic rings. The van der Waals surface area contributed by atoms with E-state index in [0.29, 0.717) is 23.9 Å². The zero-order chi connectivity index (χ0) is 17.6. The van der Waals surface area contributed by atoms with Gasteiger partial charge in [0.1, 0.15) is 18.3 Å². The average molecular weight is 336 g/mol. The van der Waals surface area contributed by atoms with Gasteiger partial charge in [-0.05, 0) is 38.5 Å². The van der Waals surface area contributed by atoms with Gasteiger partial charge >= 0.3 is 5.63 Å². The quantitative estimate of drug-likeness (QED) is 0.732. The second-order valence-electron chi connectivity index (χ2n) is 6.81. The molecule has 2 atom stereocenters. The first-order chi connectivity index (χ1) is 12.1. The number of hydrogen-bond donors (Lipinski definition) is 1. The minimum atomic E-state index is -0.262. The summed E-state index contributed by atoms with van der Waals surface area (Å²) in [5, 5.41) is 0.994. The molecular weight excluding hydrogens is 314 g/mol. The molecule has 0 spiro atoms. The molecule has 0 amide bonds. The van der Waals surface area contributed by atoms with E-state index < -0.39 is 0 Å². The van der Waals surface area contributed by atoms with E-state index >= 15 is 0 Å². The summed E-state index contributed by atoms with van der Waals surface area (Å²) in [5.41, 5.74) is 4.33. The lowest BCUT2D eigenvalue weighted by Gasteiger charge is -2.31. The smallest absolute Gasteiger partial charge is 0.339 e. The van der Waals surface area contributed by atoms with Crippen LogP contribution in [0.2, 0.25) is 0 Å². The van der Waals surface area contributed by atoms with E-state index in [4.69, 9.17) is 9.15 Å². The molecule has 1 unspecified atom stereocenters. The van der Waals surface area contributed by atoms with Crippen LogP contribution in [0.5, 0.6) is 5.75 Å². The van der Waals surface area contributed by atoms with E-state index in [1.165, 1.54) is 10.5 Å². The van der Waals surface area contributed by atoms with Crippen LogP contribution < -0.4 is 15.3 Å². The second-order valence-corrected chi connectivity index (χ2v) is 6.81. The van der Waals surface area contributed by atoms with E-state index in [0.717, 1.165) is 28.8 Å². The Morgan fingerprint density at radius 3 is 2.56 bits per heavy atom. The van der Waals surface area contributed by atoms with Crippen molar-refractivity contribution in [3.05, 3.63) is 75.1 Å². The van der Waals surface area contributed by atoms with E-state index in [9.17, 15) is 4.79 Å². The van der Waals surface area contributed by atoms with Gasteiger partial charge in [0.2, 0.25) is 6.73 Å². The molecule has 1 aliphatic rings. The fourth-order valence-corrected chi connectivity index (χ4v) is 3.55. The third kappa shape index (κ3) is 2.63. The van der Waals surface area contributed by atoms with Gasteiger partial charge in [-0.15, -0.1) is 0 Å². The van der Waals surface area contributed by atoms with Crippen LogP contribution in [-0.2, 0) is 6.54 Å². The van der Waals surface area contributed by atoms with Crippen molar-refractivity contribution in [2.75, 3.05) is 6.73 Å². The molecule has 2 aromatic carbocycles. The molecular formula is C21H22NO3+. The maximum Gasteiger partial charge on any atom is 0.339 e. The van der Waals surface area contributed by atoms with Crippen LogP contribution in [-0.4, -0.2) is 6.73 Å². The standard InChI is InChI=1S/C21H21NO3/c1-13-14(2)21(23)25-20-17(13)9-10-19-18(20)11-22(12-24-19)15(3)16-7-5-4-6-8-16/h4-10,15H,11-12H2,1-3H3/p+1/t15-/m1/s1. The lowest BCUT2D eigenvalue weighted by molar-refractivity contribution is -0.960. The first-order valence-corrected chi connectivity index (χ1v) is 8.64. The average Bonchev–Trinajstić information content (AvgIpc) is 2.66. The number of rotatable bonds is 2. The number of quaternary nitrogens is 1. The van der Waals surface area contributed by atoms with Gasteiger partial charge in [-0.1, -0.05) is 30.3 Å². The van der Waals surface area contributed by atoms with Gasteiger partial charge in [0.25, 0.3) is 0 Å². The molecule has 0 saturated heterocycles. The topological polar surface area (TPSA) is 43.9 Å². The van der Waals surface area contributed by atoms with Gasteiger partial charge in [0.15, 0.2) is 5.58 Å². The van der Waals surface area contributed by atoms with Crippen LogP contribution >= 0.6 is 0 Å². The molecule has 0 bridgehead atoms. The Bertz CT molecular complexity index is 991. The number of hydrogen-bond acceptors (Lipinski definition) is 3. The van der Waals surface area contributed by atoms with Gasteiger partial charge in [-0.2, -0.15) is 0 Å². The summed E-state index contributed by atoms with van der Waals surface area (Å²) >= 11 is 0. The van der Waals surface area contributed by atoms with E-state index in [-0.39, 0.29) is 5.63 Å². The minimum absolute atomic E-state index is 0.262. The van der Waals surface area contributed by atoms with Crippen LogP contribution in [0.3, 0.4) is 0 Å². The minimum Gasteiger partial charge on any atom is -0.445 e. The second kappa shape index (κ2) is 6.05. The van der Waals surface area contributed by atoms with Crippen molar-refractivity contribution >= 4 is 11.0 Å². The molecule has 4 rings (SSSR count). The van der Waals surface area contributed by atoms with Crippen molar-refractivity contribution in [3.8, 4) is 5.75 Å². The molecule has 0 saturated carbocycles. The summed E-state index contributed by atoms with van der Waals surface area (Å²) in [6, 6.07) is 14.7. The lowest BCUT2D eigenvalue weighted by Crippen LogP contribution is -3.12. The third-order valence-electron chi connectivity index (χ3n) is 5.41. The number of nitrogens with one attached hydrogen (secondary N) is 1. The predicted molar refractivity (Wildman–Crippen MR) is 97.0 cm³/mol. The largest absolute Gasteiger partial charge is 0.445 e. The maximum absolute atomic E-state index is 12.2. The Balaban J connectivity index is 1.78. The van der Waals surface area contributed by atoms with Crippen molar-refractivity contribution in [1.82, 2.24) is 0 Å². The Hall–Kier alpha value is -2.59. The summed E-state index contributed by atoms with van der Waals surface area (Å²) in [6.45, 7) is 7.36. The molecule has 0 radical (unpaired) electrons. The van der Waals surface area contributed by atoms with Crippen LogP contribution in [0.1, 0.15) is 35.2 Å². The van der Waals surface area contributed by atoms with Crippen molar-refractivity contribution in [2.45, 2.75) is 33.4 Å². The van der Waals surface area contributed by atoms with Gasteiger partial charge in [-0.3, -0.25) is 4.90 Å². The Morgan fingerprint density at radius 2 is 1.80 bits per heavy atom. The summed E-state index contributed by atoms with van der Waals surface area (Å²) in [7, 11) is 0. The summed E-state index contributed by atoms with van der Waals surface area (Å²) in [4.78, 5) is 13.5. The van der Waals surface area contributed by atoms with Crippen molar-refractivity contribution in [1.29, 1.82) is 0 Å². The van der Waals surface area contributed by atoms with Gasteiger partial charge in [0, 0.05) is 16.5 Å². The Kier molecular flexibility index (Phi) is 3.85. The Morgan fingerprint density at radius 1 is 1.04 bits per heavy atom. The fraction of sp³-hybridized carbons (Fsp3) is 0.286. The molecule has 1 aliphatic heterocycles. The van der Waals surface area contributed by atoms with Gasteiger partial charge in [-0.25, -0.2) is 4.79 Å². The SMILES string of the molecule is Cc1c(C)c2ccc3c(c2oc1=O)C[NH+]([C@H](C)c1ccccc1)CO3. The highest BCUT2D eigenvalue weighted by molar-refractivity contribution is 5.85. The molecule has 1 N–H and O–H groups in total. The Labute approximate surface area is 146 Å². The number of benzene rings is 2. The normalized spacial score (nSPS) is 17.8. The summed E-state index contributed by atoms with van der Waals surface area (Å²) < 4.78 is 11.7. The number of ether oxygens (including phenoxy) is 1. The maximum atomic E-state index is 12.2. The van der Waals surface area contributed by atoms with Crippen molar-refractivity contribution < 1.29 is 14.1 Å². The molecule has 4 heteroatoms. The van der Waals surface area contributed by atoms with Crippen LogP contribution in [0, 0.1) is 13.8 Å². The van der Waals surface area contributed by atoms with Crippen molar-refractivity contribution in [2.24, 2.45) is 0 Å². The third-order valence-corrected chi connectivity index (χ3v) is 5.41. The number of aryl methyl sites for hydroxylation is 1. The van der Waals surface area contributed by atoms with Crippen LogP contribution in [0.4, 0.5) is 0 Å².